The number of esters is 1. The summed E-state index contributed by atoms with van der Waals surface area (Å²) in [6.45, 7) is 2.95. The Balaban J connectivity index is 3.55. The highest BCUT2D eigenvalue weighted by molar-refractivity contribution is 6.09. The number of hydrogen-bond donors (Lipinski definition) is 0. The Hall–Kier alpha value is -2.24. The smallest absolute Gasteiger partial charge is 0.323 e. The predicted octanol–water partition coefficient (Wildman–Crippen LogP) is 2.00. The maximum Gasteiger partial charge on any atom is 0.323 e. The number of benzene rings is 1. The summed E-state index contributed by atoms with van der Waals surface area (Å²) in [5.41, 5.74) is -1.87. The number of ether oxygens (including phenoxy) is 1. The van der Waals surface area contributed by atoms with Gasteiger partial charge in [-0.3, -0.25) is 19.7 Å². The van der Waals surface area contributed by atoms with Crippen molar-refractivity contribution in [2.75, 3.05) is 7.11 Å². The highest BCUT2D eigenvalue weighted by Crippen LogP contribution is 2.34. The van der Waals surface area contributed by atoms with Gasteiger partial charge in [0, 0.05) is 12.5 Å². The first-order chi connectivity index (χ1) is 8.89. The molecule has 0 saturated heterocycles. The van der Waals surface area contributed by atoms with Gasteiger partial charge in [0.2, 0.25) is 0 Å². The van der Waals surface area contributed by atoms with Crippen LogP contribution in [0.1, 0.15) is 25.8 Å². The number of nitrogens with zero attached hydrogens (tertiary/aromatic N) is 1. The topological polar surface area (TPSA) is 86.5 Å². The summed E-state index contributed by atoms with van der Waals surface area (Å²) in [7, 11) is 1.15. The molecule has 0 aliphatic heterocycles. The van der Waals surface area contributed by atoms with Crippen molar-refractivity contribution in [1.82, 2.24) is 0 Å². The maximum atomic E-state index is 12.1. The molecule has 0 fully saturated rings. The van der Waals surface area contributed by atoms with E-state index in [1.165, 1.54) is 25.1 Å². The molecule has 1 aromatic rings. The molecule has 0 spiro atoms. The van der Waals surface area contributed by atoms with Crippen LogP contribution < -0.4 is 0 Å². The van der Waals surface area contributed by atoms with E-state index in [1.54, 1.807) is 13.0 Å². The maximum absolute atomic E-state index is 12.1. The van der Waals surface area contributed by atoms with Crippen molar-refractivity contribution in [2.24, 2.45) is 0 Å². The quantitative estimate of drug-likeness (QED) is 0.352. The molecule has 0 amide bonds. The Morgan fingerprint density at radius 1 is 1.37 bits per heavy atom. The normalized spacial score (nSPS) is 13.4. The molecule has 0 aliphatic carbocycles. The lowest BCUT2D eigenvalue weighted by atomic mass is 9.76. The third-order valence-corrected chi connectivity index (χ3v) is 3.11. The van der Waals surface area contributed by atoms with Crippen molar-refractivity contribution in [1.29, 1.82) is 0 Å². The molecule has 0 N–H and O–H groups in total. The zero-order chi connectivity index (χ0) is 14.6. The van der Waals surface area contributed by atoms with Gasteiger partial charge in [0.15, 0.2) is 11.2 Å². The van der Waals surface area contributed by atoms with E-state index in [1.807, 2.05) is 0 Å². The average Bonchev–Trinajstić information content (AvgIpc) is 2.44. The number of ketones is 1. The third-order valence-electron chi connectivity index (χ3n) is 3.11. The highest BCUT2D eigenvalue weighted by Gasteiger charge is 2.46. The molecule has 0 aromatic heterocycles. The number of nitro groups is 1. The van der Waals surface area contributed by atoms with E-state index in [4.69, 9.17) is 0 Å². The minimum absolute atomic E-state index is 0.0544. The lowest BCUT2D eigenvalue weighted by Gasteiger charge is -2.24. The van der Waals surface area contributed by atoms with Crippen LogP contribution >= 0.6 is 0 Å². The van der Waals surface area contributed by atoms with Gasteiger partial charge >= 0.3 is 5.97 Å². The fraction of sp³-hybridized carbons (Fsp3) is 0.385. The first kappa shape index (κ1) is 14.8. The number of rotatable bonds is 5. The molecule has 1 unspecified atom stereocenters. The Bertz CT molecular complexity index is 508. The van der Waals surface area contributed by atoms with Gasteiger partial charge in [0.05, 0.1) is 17.6 Å². The minimum Gasteiger partial charge on any atom is -0.468 e. The first-order valence-electron chi connectivity index (χ1n) is 5.75. The number of nitro benzene ring substituents is 1. The van der Waals surface area contributed by atoms with Crippen molar-refractivity contribution in [3.8, 4) is 0 Å². The molecular formula is C13H15NO5. The van der Waals surface area contributed by atoms with Gasteiger partial charge in [-0.2, -0.15) is 0 Å². The fourth-order valence-corrected chi connectivity index (χ4v) is 1.99. The monoisotopic (exact) mass is 265 g/mol. The van der Waals surface area contributed by atoms with Crippen molar-refractivity contribution in [2.45, 2.75) is 25.7 Å². The highest BCUT2D eigenvalue weighted by atomic mass is 16.6. The lowest BCUT2D eigenvalue weighted by molar-refractivity contribution is -0.385. The molecule has 0 radical (unpaired) electrons. The summed E-state index contributed by atoms with van der Waals surface area (Å²) < 4.78 is 4.65. The van der Waals surface area contributed by atoms with E-state index in [9.17, 15) is 19.7 Å². The van der Waals surface area contributed by atoms with Crippen LogP contribution in [0.15, 0.2) is 24.3 Å². The van der Waals surface area contributed by atoms with Crippen LogP contribution in [0.5, 0.6) is 0 Å². The second kappa shape index (κ2) is 5.60. The second-order valence-electron chi connectivity index (χ2n) is 4.17. The Morgan fingerprint density at radius 2 is 1.95 bits per heavy atom. The number of carbonyl (C=O) groups is 2. The molecule has 1 aromatic carbocycles. The summed E-state index contributed by atoms with van der Waals surface area (Å²) in [5, 5.41) is 11.0. The van der Waals surface area contributed by atoms with E-state index < -0.39 is 22.1 Å². The van der Waals surface area contributed by atoms with E-state index in [0.717, 1.165) is 7.11 Å². The molecule has 102 valence electrons. The van der Waals surface area contributed by atoms with E-state index in [-0.39, 0.29) is 17.7 Å². The minimum atomic E-state index is -1.66. The van der Waals surface area contributed by atoms with Gasteiger partial charge in [-0.25, -0.2) is 0 Å². The van der Waals surface area contributed by atoms with Crippen LogP contribution in [-0.2, 0) is 19.7 Å². The molecule has 6 nitrogen and oxygen atoms in total. The standard InChI is InChI=1S/C13H15NO5/c1-4-11(15)13(2,12(16)19-3)9-7-5-6-8-10(9)14(17)18/h5-8H,4H2,1-3H3. The van der Waals surface area contributed by atoms with Crippen LogP contribution in [0.4, 0.5) is 5.69 Å². The zero-order valence-electron chi connectivity index (χ0n) is 11.0. The number of para-hydroxylation sites is 1. The van der Waals surface area contributed by atoms with Gasteiger partial charge in [0.1, 0.15) is 0 Å². The van der Waals surface area contributed by atoms with Crippen LogP contribution in [0.3, 0.4) is 0 Å². The van der Waals surface area contributed by atoms with Gasteiger partial charge in [-0.05, 0) is 6.92 Å². The lowest BCUT2D eigenvalue weighted by Crippen LogP contribution is -2.42. The number of methoxy groups -OCH3 is 1. The predicted molar refractivity (Wildman–Crippen MR) is 67.8 cm³/mol. The van der Waals surface area contributed by atoms with Gasteiger partial charge in [-0.15, -0.1) is 0 Å². The summed E-state index contributed by atoms with van der Waals surface area (Å²) in [5.74, 6) is -1.22. The fourth-order valence-electron chi connectivity index (χ4n) is 1.99. The SMILES string of the molecule is CCC(=O)C(C)(C(=O)OC)c1ccccc1[N+](=O)[O-]. The molecule has 19 heavy (non-hydrogen) atoms. The first-order valence-corrected chi connectivity index (χ1v) is 5.75. The van der Waals surface area contributed by atoms with Crippen LogP contribution in [0.2, 0.25) is 0 Å². The average molecular weight is 265 g/mol. The van der Waals surface area contributed by atoms with Crippen LogP contribution in [-0.4, -0.2) is 23.8 Å². The summed E-state index contributed by atoms with van der Waals surface area (Å²) in [4.78, 5) is 34.5. The number of hydrogen-bond acceptors (Lipinski definition) is 5. The zero-order valence-corrected chi connectivity index (χ0v) is 11.0. The van der Waals surface area contributed by atoms with Crippen molar-refractivity contribution < 1.29 is 19.2 Å². The molecule has 0 saturated carbocycles. The van der Waals surface area contributed by atoms with Gasteiger partial charge in [-0.1, -0.05) is 25.1 Å². The van der Waals surface area contributed by atoms with E-state index >= 15 is 0 Å². The van der Waals surface area contributed by atoms with Crippen molar-refractivity contribution in [3.05, 3.63) is 39.9 Å². The molecule has 0 aliphatic rings. The number of carbonyl (C=O) groups excluding carboxylic acids is 2. The Kier molecular flexibility index (Phi) is 4.37. The van der Waals surface area contributed by atoms with E-state index in [0.29, 0.717) is 0 Å². The van der Waals surface area contributed by atoms with Crippen LogP contribution in [0, 0.1) is 10.1 Å². The van der Waals surface area contributed by atoms with Crippen LogP contribution in [0.25, 0.3) is 0 Å². The molecule has 1 atom stereocenters. The summed E-state index contributed by atoms with van der Waals surface area (Å²) in [6, 6.07) is 5.70. The van der Waals surface area contributed by atoms with E-state index in [2.05, 4.69) is 4.74 Å². The molecule has 0 bridgehead atoms. The second-order valence-corrected chi connectivity index (χ2v) is 4.17. The molecule has 1 rings (SSSR count). The largest absolute Gasteiger partial charge is 0.468 e. The summed E-state index contributed by atoms with van der Waals surface area (Å²) >= 11 is 0. The van der Waals surface area contributed by atoms with Crippen molar-refractivity contribution >= 4 is 17.4 Å². The molecular weight excluding hydrogens is 250 g/mol. The molecule has 0 heterocycles. The molecule has 6 heteroatoms. The third kappa shape index (κ3) is 2.47. The van der Waals surface area contributed by atoms with Gasteiger partial charge < -0.3 is 4.74 Å². The Labute approximate surface area is 110 Å². The Morgan fingerprint density at radius 3 is 2.42 bits per heavy atom. The van der Waals surface area contributed by atoms with Crippen molar-refractivity contribution in [3.63, 3.8) is 0 Å². The van der Waals surface area contributed by atoms with Gasteiger partial charge in [0.25, 0.3) is 5.69 Å². The summed E-state index contributed by atoms with van der Waals surface area (Å²) in [6.07, 6.45) is 0.0810. The number of Topliss-reactive ketones (excluding diaryl/α,β-unsaturated/α-hetero) is 1.